The van der Waals surface area contributed by atoms with Crippen molar-refractivity contribution in [2.24, 2.45) is 0 Å². The zero-order chi connectivity index (χ0) is 13.8. The van der Waals surface area contributed by atoms with E-state index in [1.54, 1.807) is 24.1 Å². The predicted octanol–water partition coefficient (Wildman–Crippen LogP) is 0.856. The molecule has 2 rings (SSSR count). The van der Waals surface area contributed by atoms with Gasteiger partial charge >= 0.3 is 6.03 Å². The van der Waals surface area contributed by atoms with Gasteiger partial charge in [0.1, 0.15) is 5.82 Å². The van der Waals surface area contributed by atoms with Crippen molar-refractivity contribution < 1.29 is 14.0 Å². The Morgan fingerprint density at radius 1 is 1.42 bits per heavy atom. The van der Waals surface area contributed by atoms with Gasteiger partial charge in [-0.15, -0.1) is 0 Å². The second kappa shape index (κ2) is 5.69. The van der Waals surface area contributed by atoms with Crippen LogP contribution in [0.25, 0.3) is 0 Å². The number of nitrogens with one attached hydrogen (secondary N) is 2. The first-order valence-corrected chi connectivity index (χ1v) is 6.07. The molecule has 19 heavy (non-hydrogen) atoms. The SMILES string of the molecule is CN1C[C@@H](NC(=O)NCc2ccc(F)cc2)CC1=O. The summed E-state index contributed by atoms with van der Waals surface area (Å²) in [6.45, 7) is 0.853. The molecule has 3 amide bonds. The van der Waals surface area contributed by atoms with Gasteiger partial charge in [0.2, 0.25) is 5.91 Å². The van der Waals surface area contributed by atoms with E-state index in [0.29, 0.717) is 19.5 Å². The average Bonchev–Trinajstić information content (AvgIpc) is 2.67. The highest BCUT2D eigenvalue weighted by Crippen LogP contribution is 2.08. The van der Waals surface area contributed by atoms with Crippen molar-refractivity contribution >= 4 is 11.9 Å². The molecule has 102 valence electrons. The van der Waals surface area contributed by atoms with Crippen LogP contribution in [0.2, 0.25) is 0 Å². The van der Waals surface area contributed by atoms with Crippen LogP contribution in [0.1, 0.15) is 12.0 Å². The molecule has 6 heteroatoms. The van der Waals surface area contributed by atoms with E-state index in [0.717, 1.165) is 5.56 Å². The van der Waals surface area contributed by atoms with E-state index in [4.69, 9.17) is 0 Å². The third kappa shape index (κ3) is 3.67. The van der Waals surface area contributed by atoms with Crippen LogP contribution >= 0.6 is 0 Å². The smallest absolute Gasteiger partial charge is 0.315 e. The van der Waals surface area contributed by atoms with Crippen LogP contribution in [0.3, 0.4) is 0 Å². The number of rotatable bonds is 3. The summed E-state index contributed by atoms with van der Waals surface area (Å²) < 4.78 is 12.7. The normalized spacial score (nSPS) is 18.5. The summed E-state index contributed by atoms with van der Waals surface area (Å²) in [5, 5.41) is 5.41. The lowest BCUT2D eigenvalue weighted by molar-refractivity contribution is -0.126. The predicted molar refractivity (Wildman–Crippen MR) is 67.8 cm³/mol. The highest BCUT2D eigenvalue weighted by atomic mass is 19.1. The summed E-state index contributed by atoms with van der Waals surface area (Å²) in [5.74, 6) is -0.274. The van der Waals surface area contributed by atoms with Crippen molar-refractivity contribution in [2.75, 3.05) is 13.6 Å². The number of urea groups is 1. The maximum absolute atomic E-state index is 12.7. The van der Waals surface area contributed by atoms with Crippen molar-refractivity contribution in [2.45, 2.75) is 19.0 Å². The number of likely N-dealkylation sites (N-methyl/N-ethyl adjacent to an activating group) is 1. The minimum Gasteiger partial charge on any atom is -0.344 e. The van der Waals surface area contributed by atoms with E-state index in [2.05, 4.69) is 10.6 Å². The van der Waals surface area contributed by atoms with E-state index in [-0.39, 0.29) is 23.8 Å². The van der Waals surface area contributed by atoms with E-state index in [1.165, 1.54) is 12.1 Å². The lowest BCUT2D eigenvalue weighted by Gasteiger charge is -2.13. The van der Waals surface area contributed by atoms with Crippen LogP contribution in [-0.4, -0.2) is 36.5 Å². The molecule has 1 heterocycles. The maximum atomic E-state index is 12.7. The number of amides is 3. The van der Waals surface area contributed by atoms with Gasteiger partial charge in [0.15, 0.2) is 0 Å². The molecule has 1 saturated heterocycles. The molecule has 1 aliphatic rings. The molecule has 1 aromatic rings. The van der Waals surface area contributed by atoms with Crippen LogP contribution in [0.4, 0.5) is 9.18 Å². The van der Waals surface area contributed by atoms with Gasteiger partial charge < -0.3 is 15.5 Å². The van der Waals surface area contributed by atoms with Crippen molar-refractivity contribution in [1.82, 2.24) is 15.5 Å². The van der Waals surface area contributed by atoms with Gasteiger partial charge in [-0.25, -0.2) is 9.18 Å². The summed E-state index contributed by atoms with van der Waals surface area (Å²) >= 11 is 0. The Hall–Kier alpha value is -2.11. The van der Waals surface area contributed by atoms with Crippen LogP contribution in [0.15, 0.2) is 24.3 Å². The number of benzene rings is 1. The van der Waals surface area contributed by atoms with E-state index in [1.807, 2.05) is 0 Å². The molecule has 0 unspecified atom stereocenters. The Bertz CT molecular complexity index is 475. The highest BCUT2D eigenvalue weighted by Gasteiger charge is 2.27. The first-order valence-electron chi connectivity index (χ1n) is 6.07. The van der Waals surface area contributed by atoms with Gasteiger partial charge in [0, 0.05) is 26.6 Å². The van der Waals surface area contributed by atoms with Crippen LogP contribution in [0.5, 0.6) is 0 Å². The van der Waals surface area contributed by atoms with Gasteiger partial charge in [0.05, 0.1) is 6.04 Å². The van der Waals surface area contributed by atoms with Crippen molar-refractivity contribution in [3.63, 3.8) is 0 Å². The van der Waals surface area contributed by atoms with Crippen LogP contribution in [0, 0.1) is 5.82 Å². The van der Waals surface area contributed by atoms with Gasteiger partial charge in [-0.3, -0.25) is 4.79 Å². The Morgan fingerprint density at radius 2 is 2.11 bits per heavy atom. The number of hydrogen-bond donors (Lipinski definition) is 2. The summed E-state index contributed by atoms with van der Waals surface area (Å²) in [6, 6.07) is 5.45. The molecule has 1 atom stereocenters. The molecule has 0 bridgehead atoms. The third-order valence-electron chi connectivity index (χ3n) is 3.04. The van der Waals surface area contributed by atoms with Crippen LogP contribution < -0.4 is 10.6 Å². The molecule has 5 nitrogen and oxygen atoms in total. The Labute approximate surface area is 110 Å². The Kier molecular flexibility index (Phi) is 3.99. The molecule has 0 aliphatic carbocycles. The summed E-state index contributed by atoms with van der Waals surface area (Å²) in [6.07, 6.45) is 0.334. The minimum atomic E-state index is -0.322. The quantitative estimate of drug-likeness (QED) is 0.851. The summed E-state index contributed by atoms with van der Waals surface area (Å²) in [4.78, 5) is 24.5. The van der Waals surface area contributed by atoms with Crippen molar-refractivity contribution in [3.8, 4) is 0 Å². The average molecular weight is 265 g/mol. The fourth-order valence-corrected chi connectivity index (χ4v) is 1.98. The number of halogens is 1. The number of carbonyl (C=O) groups is 2. The second-order valence-electron chi connectivity index (χ2n) is 4.63. The highest BCUT2D eigenvalue weighted by molar-refractivity contribution is 5.81. The first kappa shape index (κ1) is 13.3. The molecule has 0 radical (unpaired) electrons. The lowest BCUT2D eigenvalue weighted by atomic mass is 10.2. The van der Waals surface area contributed by atoms with Gasteiger partial charge in [-0.1, -0.05) is 12.1 Å². The second-order valence-corrected chi connectivity index (χ2v) is 4.63. The number of nitrogens with zero attached hydrogens (tertiary/aromatic N) is 1. The largest absolute Gasteiger partial charge is 0.344 e. The van der Waals surface area contributed by atoms with E-state index < -0.39 is 0 Å². The molecule has 1 aromatic carbocycles. The molecule has 1 aliphatic heterocycles. The molecule has 2 N–H and O–H groups in total. The fraction of sp³-hybridized carbons (Fsp3) is 0.385. The first-order chi connectivity index (χ1) is 9.04. The number of hydrogen-bond acceptors (Lipinski definition) is 2. The molecule has 0 spiro atoms. The standard InChI is InChI=1S/C13H16FN3O2/c1-17-8-11(6-12(17)18)16-13(19)15-7-9-2-4-10(14)5-3-9/h2-5,11H,6-8H2,1H3,(H2,15,16,19)/t11-/m0/s1. The maximum Gasteiger partial charge on any atom is 0.315 e. The zero-order valence-corrected chi connectivity index (χ0v) is 10.6. The number of likely N-dealkylation sites (tertiary alicyclic amines) is 1. The zero-order valence-electron chi connectivity index (χ0n) is 10.6. The van der Waals surface area contributed by atoms with Gasteiger partial charge in [-0.05, 0) is 17.7 Å². The molecule has 0 aromatic heterocycles. The fourth-order valence-electron chi connectivity index (χ4n) is 1.98. The van der Waals surface area contributed by atoms with E-state index in [9.17, 15) is 14.0 Å². The van der Waals surface area contributed by atoms with Crippen molar-refractivity contribution in [3.05, 3.63) is 35.6 Å². The summed E-state index contributed by atoms with van der Waals surface area (Å²) in [5.41, 5.74) is 0.816. The molecule has 0 saturated carbocycles. The topological polar surface area (TPSA) is 61.4 Å². The van der Waals surface area contributed by atoms with Gasteiger partial charge in [-0.2, -0.15) is 0 Å². The lowest BCUT2D eigenvalue weighted by Crippen LogP contribution is -2.42. The minimum absolute atomic E-state index is 0.0313. The number of carbonyl (C=O) groups excluding carboxylic acids is 2. The molecule has 1 fully saturated rings. The van der Waals surface area contributed by atoms with Crippen LogP contribution in [-0.2, 0) is 11.3 Å². The summed E-state index contributed by atoms with van der Waals surface area (Å²) in [7, 11) is 1.71. The Morgan fingerprint density at radius 3 is 2.68 bits per heavy atom. The van der Waals surface area contributed by atoms with E-state index >= 15 is 0 Å². The van der Waals surface area contributed by atoms with Gasteiger partial charge in [0.25, 0.3) is 0 Å². The Balaban J connectivity index is 1.76. The molecular formula is C13H16FN3O2. The monoisotopic (exact) mass is 265 g/mol. The van der Waals surface area contributed by atoms with Crippen molar-refractivity contribution in [1.29, 1.82) is 0 Å². The third-order valence-corrected chi connectivity index (χ3v) is 3.04. The molecular weight excluding hydrogens is 249 g/mol.